The maximum absolute atomic E-state index is 12.8. The van der Waals surface area contributed by atoms with Gasteiger partial charge in [-0.25, -0.2) is 0 Å². The number of ether oxygens (including phenoxy) is 4. The molecular weight excluding hydrogens is 769 g/mol. The number of rotatable bonds is 44. The number of hydrogen-bond acceptors (Lipinski definition) is 9. The molecule has 0 radical (unpaired) electrons. The normalized spacial score (nSPS) is 20.1. The summed E-state index contributed by atoms with van der Waals surface area (Å²) in [6.45, 7) is 4.47. The van der Waals surface area contributed by atoms with Crippen LogP contribution < -0.4 is 0 Å². The minimum absolute atomic E-state index is 0.114. The molecule has 0 saturated carbocycles. The second-order valence-electron chi connectivity index (χ2n) is 17.6. The Balaban J connectivity index is 2.20. The van der Waals surface area contributed by atoms with E-state index in [2.05, 4.69) is 50.3 Å². The number of carbonyl (C=O) groups excluding carboxylic acids is 1. The van der Waals surface area contributed by atoms with Crippen molar-refractivity contribution >= 4 is 5.97 Å². The third-order valence-corrected chi connectivity index (χ3v) is 11.8. The number of allylic oxidation sites excluding steroid dienone is 6. The van der Waals surface area contributed by atoms with Gasteiger partial charge >= 0.3 is 5.97 Å². The lowest BCUT2D eigenvalue weighted by Crippen LogP contribution is -2.59. The van der Waals surface area contributed by atoms with Crippen LogP contribution in [0.3, 0.4) is 0 Å². The molecule has 0 bridgehead atoms. The lowest BCUT2D eigenvalue weighted by molar-refractivity contribution is -0.305. The second-order valence-corrected chi connectivity index (χ2v) is 17.6. The van der Waals surface area contributed by atoms with E-state index in [1.54, 1.807) is 0 Å². The van der Waals surface area contributed by atoms with Crippen molar-refractivity contribution in [2.45, 2.75) is 263 Å². The van der Waals surface area contributed by atoms with Crippen molar-refractivity contribution < 1.29 is 44.2 Å². The minimum Gasteiger partial charge on any atom is -0.457 e. The Morgan fingerprint density at radius 2 is 1.00 bits per heavy atom. The van der Waals surface area contributed by atoms with E-state index >= 15 is 0 Å². The predicted octanol–water partition coefficient (Wildman–Crippen LogP) is 12.3. The van der Waals surface area contributed by atoms with Gasteiger partial charge in [0.1, 0.15) is 30.5 Å². The number of aliphatic hydroxyl groups excluding tert-OH is 4. The standard InChI is InChI=1S/C52H96O9/c1-3-5-7-9-11-13-15-17-19-21-23-24-25-27-29-31-33-35-37-39-41-48(54)60-46(45-59-52-51(57)50(56)49(55)47(43-53)61-52)44-58-42-40-38-36-34-32-30-28-26-22-20-18-16-14-12-10-8-6-4-2/h6,8,12,14,18,20,46-47,49-53,55-57H,3-5,7,9-11,13,15-17,19,21-45H2,1-2H3/b8-6-,14-12-,20-18-. The van der Waals surface area contributed by atoms with Crippen LogP contribution >= 0.6 is 0 Å². The molecular formula is C52H96O9. The molecule has 6 atom stereocenters. The molecule has 0 amide bonds. The van der Waals surface area contributed by atoms with Crippen molar-refractivity contribution in [1.82, 2.24) is 0 Å². The first kappa shape index (κ1) is 57.4. The maximum atomic E-state index is 12.8. The van der Waals surface area contributed by atoms with Crippen molar-refractivity contribution in [3.8, 4) is 0 Å². The molecule has 1 rings (SSSR count). The Kier molecular flexibility index (Phi) is 41.1. The Hall–Kier alpha value is -1.59. The van der Waals surface area contributed by atoms with Crippen LogP contribution in [0.5, 0.6) is 0 Å². The summed E-state index contributed by atoms with van der Waals surface area (Å²) >= 11 is 0. The monoisotopic (exact) mass is 865 g/mol. The summed E-state index contributed by atoms with van der Waals surface area (Å²) in [5.74, 6) is -0.312. The molecule has 0 aliphatic carbocycles. The molecule has 1 fully saturated rings. The smallest absolute Gasteiger partial charge is 0.306 e. The maximum Gasteiger partial charge on any atom is 0.306 e. The molecule has 61 heavy (non-hydrogen) atoms. The average Bonchev–Trinajstić information content (AvgIpc) is 3.26. The lowest BCUT2D eigenvalue weighted by atomic mass is 9.99. The summed E-state index contributed by atoms with van der Waals surface area (Å²) in [4.78, 5) is 12.8. The Morgan fingerprint density at radius 1 is 0.541 bits per heavy atom. The SMILES string of the molecule is CC/C=C\C/C=C\C/C=C\CCCCCCCCCCOCC(COC1OC(CO)C(O)C(O)C1O)OC(=O)CCCCCCCCCCCCCCCCCCCCCC. The highest BCUT2D eigenvalue weighted by atomic mass is 16.7. The Labute approximate surface area is 374 Å². The molecule has 1 aliphatic rings. The van der Waals surface area contributed by atoms with Crippen molar-refractivity contribution in [3.63, 3.8) is 0 Å². The molecule has 1 heterocycles. The first-order valence-corrected chi connectivity index (χ1v) is 25.6. The second kappa shape index (κ2) is 43.7. The molecule has 9 nitrogen and oxygen atoms in total. The van der Waals surface area contributed by atoms with Crippen molar-refractivity contribution in [1.29, 1.82) is 0 Å². The first-order chi connectivity index (χ1) is 29.9. The molecule has 9 heteroatoms. The van der Waals surface area contributed by atoms with E-state index in [0.29, 0.717) is 13.0 Å². The minimum atomic E-state index is -1.54. The van der Waals surface area contributed by atoms with Crippen LogP contribution in [-0.4, -0.2) is 89.6 Å². The third-order valence-electron chi connectivity index (χ3n) is 11.8. The van der Waals surface area contributed by atoms with E-state index in [9.17, 15) is 25.2 Å². The van der Waals surface area contributed by atoms with Gasteiger partial charge in [0.25, 0.3) is 0 Å². The van der Waals surface area contributed by atoms with Crippen LogP contribution in [0.15, 0.2) is 36.5 Å². The zero-order valence-corrected chi connectivity index (χ0v) is 39.4. The number of hydrogen-bond donors (Lipinski definition) is 4. The Morgan fingerprint density at radius 3 is 1.51 bits per heavy atom. The van der Waals surface area contributed by atoms with Gasteiger partial charge in [-0.05, 0) is 44.9 Å². The van der Waals surface area contributed by atoms with E-state index in [-0.39, 0.29) is 19.2 Å². The fourth-order valence-electron chi connectivity index (χ4n) is 7.86. The van der Waals surface area contributed by atoms with Crippen molar-refractivity contribution in [2.75, 3.05) is 26.4 Å². The quantitative estimate of drug-likeness (QED) is 0.0268. The zero-order valence-electron chi connectivity index (χ0n) is 39.4. The van der Waals surface area contributed by atoms with Crippen LogP contribution in [-0.2, 0) is 23.7 Å². The highest BCUT2D eigenvalue weighted by molar-refractivity contribution is 5.69. The van der Waals surface area contributed by atoms with E-state index in [1.807, 2.05) is 0 Å². The number of esters is 1. The molecule has 6 unspecified atom stereocenters. The van der Waals surface area contributed by atoms with E-state index in [0.717, 1.165) is 57.8 Å². The summed E-state index contributed by atoms with van der Waals surface area (Å²) in [7, 11) is 0. The molecule has 358 valence electrons. The number of unbranched alkanes of at least 4 members (excludes halogenated alkanes) is 27. The van der Waals surface area contributed by atoms with Gasteiger partial charge in [0.2, 0.25) is 0 Å². The average molecular weight is 865 g/mol. The van der Waals surface area contributed by atoms with Gasteiger partial charge in [-0.1, -0.05) is 211 Å². The van der Waals surface area contributed by atoms with Gasteiger partial charge in [0.15, 0.2) is 6.29 Å². The lowest BCUT2D eigenvalue weighted by Gasteiger charge is -2.39. The fourth-order valence-corrected chi connectivity index (χ4v) is 7.86. The van der Waals surface area contributed by atoms with E-state index < -0.39 is 43.4 Å². The van der Waals surface area contributed by atoms with Crippen LogP contribution in [0, 0.1) is 0 Å². The molecule has 0 aromatic carbocycles. The van der Waals surface area contributed by atoms with Crippen LogP contribution in [0.4, 0.5) is 0 Å². The summed E-state index contributed by atoms with van der Waals surface area (Å²) < 4.78 is 22.9. The topological polar surface area (TPSA) is 135 Å². The number of carbonyl (C=O) groups is 1. The molecule has 0 aromatic heterocycles. The van der Waals surface area contributed by atoms with Crippen LogP contribution in [0.1, 0.15) is 226 Å². The highest BCUT2D eigenvalue weighted by Gasteiger charge is 2.44. The van der Waals surface area contributed by atoms with Gasteiger partial charge < -0.3 is 39.4 Å². The zero-order chi connectivity index (χ0) is 44.3. The molecule has 4 N–H and O–H groups in total. The van der Waals surface area contributed by atoms with Crippen LogP contribution in [0.25, 0.3) is 0 Å². The van der Waals surface area contributed by atoms with Gasteiger partial charge in [-0.3, -0.25) is 4.79 Å². The molecule has 0 spiro atoms. The molecule has 1 aliphatic heterocycles. The van der Waals surface area contributed by atoms with E-state index in [4.69, 9.17) is 18.9 Å². The summed E-state index contributed by atoms with van der Waals surface area (Å²) in [6.07, 6.45) is 46.0. The largest absolute Gasteiger partial charge is 0.457 e. The van der Waals surface area contributed by atoms with Gasteiger partial charge in [0, 0.05) is 13.0 Å². The number of aliphatic hydroxyl groups is 4. The Bertz CT molecular complexity index is 1030. The van der Waals surface area contributed by atoms with Crippen molar-refractivity contribution in [2.24, 2.45) is 0 Å². The fraction of sp³-hybridized carbons (Fsp3) is 0.865. The predicted molar refractivity (Wildman–Crippen MR) is 252 cm³/mol. The summed E-state index contributed by atoms with van der Waals surface area (Å²) in [6, 6.07) is 0. The molecule has 1 saturated heterocycles. The summed E-state index contributed by atoms with van der Waals surface area (Å²) in [5.41, 5.74) is 0. The summed E-state index contributed by atoms with van der Waals surface area (Å²) in [5, 5.41) is 40.2. The van der Waals surface area contributed by atoms with Gasteiger partial charge in [-0.2, -0.15) is 0 Å². The van der Waals surface area contributed by atoms with Crippen LogP contribution in [0.2, 0.25) is 0 Å². The van der Waals surface area contributed by atoms with Gasteiger partial charge in [0.05, 0.1) is 19.8 Å². The molecule has 0 aromatic rings. The first-order valence-electron chi connectivity index (χ1n) is 25.6. The van der Waals surface area contributed by atoms with Gasteiger partial charge in [-0.15, -0.1) is 0 Å². The third kappa shape index (κ3) is 34.5. The van der Waals surface area contributed by atoms with Crippen molar-refractivity contribution in [3.05, 3.63) is 36.5 Å². The highest BCUT2D eigenvalue weighted by Crippen LogP contribution is 2.23. The van der Waals surface area contributed by atoms with E-state index in [1.165, 1.54) is 148 Å².